The van der Waals surface area contributed by atoms with Gasteiger partial charge in [0, 0.05) is 37.1 Å². The van der Waals surface area contributed by atoms with Gasteiger partial charge in [-0.3, -0.25) is 0 Å². The van der Waals surface area contributed by atoms with Gasteiger partial charge in [-0.2, -0.15) is 0 Å². The first kappa shape index (κ1) is 28.0. The molecule has 0 radical (unpaired) electrons. The molecule has 0 aliphatic heterocycles. The van der Waals surface area contributed by atoms with E-state index in [1.165, 1.54) is 90.1 Å². The van der Waals surface area contributed by atoms with Crippen molar-refractivity contribution >= 4 is 6.79 Å². The van der Waals surface area contributed by atoms with E-state index >= 15 is 0 Å². The van der Waals surface area contributed by atoms with Crippen molar-refractivity contribution in [3.63, 3.8) is 0 Å². The number of hydrogen-bond donors (Lipinski definition) is 0. The minimum Gasteiger partial charge on any atom is -0.307 e. The number of nitrogens with zero attached hydrogens (tertiary/aromatic N) is 2. The van der Waals surface area contributed by atoms with Crippen LogP contribution in [0.5, 0.6) is 0 Å². The van der Waals surface area contributed by atoms with Gasteiger partial charge in [0.15, 0.2) is 24.8 Å². The average molecular weight is 415 g/mol. The first-order chi connectivity index (χ1) is 14.9. The average Bonchev–Trinajstić information content (AvgIpc) is 2.82. The molecule has 2 heterocycles. The van der Waals surface area contributed by atoms with Crippen LogP contribution in [0.1, 0.15) is 90.9 Å². The lowest BCUT2D eigenvalue weighted by atomic mass is 10.1. The molecule has 0 bridgehead atoms. The molecule has 0 amide bonds. The molecule has 0 fully saturated rings. The number of hydrogen-bond acceptors (Lipinski definition) is 1. The predicted octanol–water partition coefficient (Wildman–Crippen LogP) is 6.48. The number of unbranched alkanes of at least 4 members (excludes halogenated alkanes) is 10. The molecule has 0 saturated carbocycles. The molecule has 2 aromatic rings. The molecular weight excluding hydrogens is 368 g/mol. The highest BCUT2D eigenvalue weighted by molar-refractivity contribution is 5.11. The molecule has 0 unspecified atom stereocenters. The van der Waals surface area contributed by atoms with Gasteiger partial charge in [0.1, 0.15) is 19.9 Å². The zero-order valence-corrected chi connectivity index (χ0v) is 19.7. The quantitative estimate of drug-likeness (QED) is 0.256. The molecule has 0 aliphatic carbocycles. The van der Waals surface area contributed by atoms with Crippen molar-refractivity contribution in [2.75, 3.05) is 0 Å². The first-order valence-electron chi connectivity index (χ1n) is 12.0. The highest BCUT2D eigenvalue weighted by atomic mass is 16.1. The van der Waals surface area contributed by atoms with Crippen LogP contribution in [0.4, 0.5) is 0 Å². The summed E-state index contributed by atoms with van der Waals surface area (Å²) in [5.41, 5.74) is 0. The lowest BCUT2D eigenvalue weighted by molar-refractivity contribution is -0.697. The maximum Gasteiger partial charge on any atom is 0.168 e. The molecule has 0 aromatic carbocycles. The van der Waals surface area contributed by atoms with Gasteiger partial charge in [0.25, 0.3) is 0 Å². The number of carbonyl (C=O) groups is 1. The van der Waals surface area contributed by atoms with Gasteiger partial charge in [0.05, 0.1) is 0 Å². The molecule has 2 aromatic heterocycles. The molecule has 0 atom stereocenters. The normalized spacial score (nSPS) is 9.80. The van der Waals surface area contributed by atoms with Gasteiger partial charge in [-0.25, -0.2) is 9.13 Å². The van der Waals surface area contributed by atoms with Crippen molar-refractivity contribution in [3.05, 3.63) is 61.2 Å². The standard InChI is InChI=1S/2C13H22N.CH2O/c2*1-2-3-4-5-6-8-11-14-12-9-7-10-13-14;1-2/h2*7,9-10,12-13H,2-6,8,11H2,1H3;1H2/q2*+1;. The van der Waals surface area contributed by atoms with Crippen LogP contribution in [-0.4, -0.2) is 6.79 Å². The van der Waals surface area contributed by atoms with Crippen LogP contribution < -0.4 is 9.13 Å². The molecule has 2 rings (SSSR count). The Kier molecular flexibility index (Phi) is 21.7. The number of pyridine rings is 2. The van der Waals surface area contributed by atoms with Crippen LogP contribution in [0.25, 0.3) is 0 Å². The Labute approximate surface area is 186 Å². The lowest BCUT2D eigenvalue weighted by Crippen LogP contribution is -2.32. The summed E-state index contributed by atoms with van der Waals surface area (Å²) in [6.45, 7) is 8.87. The smallest absolute Gasteiger partial charge is 0.168 e. The first-order valence-corrected chi connectivity index (χ1v) is 12.0. The Morgan fingerprint density at radius 2 is 0.767 bits per heavy atom. The van der Waals surface area contributed by atoms with E-state index in [2.05, 4.69) is 84.2 Å². The van der Waals surface area contributed by atoms with Crippen molar-refractivity contribution in [1.29, 1.82) is 0 Å². The summed E-state index contributed by atoms with van der Waals surface area (Å²) in [5, 5.41) is 0. The fourth-order valence-electron chi connectivity index (χ4n) is 3.32. The summed E-state index contributed by atoms with van der Waals surface area (Å²) >= 11 is 0. The zero-order chi connectivity index (χ0) is 22.1. The van der Waals surface area contributed by atoms with Crippen LogP contribution >= 0.6 is 0 Å². The molecule has 0 N–H and O–H groups in total. The number of aromatic nitrogens is 2. The summed E-state index contributed by atoms with van der Waals surface area (Å²) < 4.78 is 4.53. The fourth-order valence-corrected chi connectivity index (χ4v) is 3.32. The van der Waals surface area contributed by atoms with E-state index < -0.39 is 0 Å². The molecule has 0 spiro atoms. The van der Waals surface area contributed by atoms with Gasteiger partial charge in [0.2, 0.25) is 0 Å². The second-order valence-electron chi connectivity index (χ2n) is 7.76. The van der Waals surface area contributed by atoms with Crippen LogP contribution in [0, 0.1) is 0 Å². The van der Waals surface area contributed by atoms with Gasteiger partial charge in [-0.1, -0.05) is 77.3 Å². The topological polar surface area (TPSA) is 24.8 Å². The van der Waals surface area contributed by atoms with E-state index in [0.29, 0.717) is 0 Å². The summed E-state index contributed by atoms with van der Waals surface area (Å²) in [6.07, 6.45) is 25.1. The summed E-state index contributed by atoms with van der Waals surface area (Å²) in [4.78, 5) is 8.00. The molecule has 0 saturated heterocycles. The van der Waals surface area contributed by atoms with Gasteiger partial charge in [-0.15, -0.1) is 0 Å². The third-order valence-electron chi connectivity index (χ3n) is 5.09. The van der Waals surface area contributed by atoms with Crippen LogP contribution in [-0.2, 0) is 17.9 Å². The summed E-state index contributed by atoms with van der Waals surface area (Å²) in [7, 11) is 0. The Balaban J connectivity index is 0.000000518. The lowest BCUT2D eigenvalue weighted by Gasteiger charge is -1.98. The van der Waals surface area contributed by atoms with Crippen molar-refractivity contribution < 1.29 is 13.9 Å². The van der Waals surface area contributed by atoms with Crippen LogP contribution in [0.2, 0.25) is 0 Å². The minimum atomic E-state index is 1.17. The Bertz CT molecular complexity index is 508. The molecule has 168 valence electrons. The predicted molar refractivity (Wildman–Crippen MR) is 127 cm³/mol. The van der Waals surface area contributed by atoms with E-state index in [-0.39, 0.29) is 0 Å². The van der Waals surface area contributed by atoms with E-state index in [4.69, 9.17) is 4.79 Å². The van der Waals surface area contributed by atoms with Crippen molar-refractivity contribution in [3.8, 4) is 0 Å². The van der Waals surface area contributed by atoms with Crippen molar-refractivity contribution in [2.24, 2.45) is 0 Å². The Morgan fingerprint density at radius 3 is 1.10 bits per heavy atom. The van der Waals surface area contributed by atoms with Crippen LogP contribution in [0.15, 0.2) is 61.2 Å². The van der Waals surface area contributed by atoms with E-state index in [9.17, 15) is 0 Å². The molecule has 3 nitrogen and oxygen atoms in total. The highest BCUT2D eigenvalue weighted by Gasteiger charge is 1.98. The third-order valence-corrected chi connectivity index (χ3v) is 5.09. The van der Waals surface area contributed by atoms with Crippen molar-refractivity contribution in [1.82, 2.24) is 0 Å². The number of rotatable bonds is 14. The maximum atomic E-state index is 8.00. The minimum absolute atomic E-state index is 1.17. The van der Waals surface area contributed by atoms with E-state index in [1.54, 1.807) is 0 Å². The Morgan fingerprint density at radius 1 is 0.467 bits per heavy atom. The van der Waals surface area contributed by atoms with E-state index in [1.807, 2.05) is 6.79 Å². The number of carbonyl (C=O) groups excluding carboxylic acids is 1. The van der Waals surface area contributed by atoms with Gasteiger partial charge >= 0.3 is 0 Å². The summed E-state index contributed by atoms with van der Waals surface area (Å²) in [6, 6.07) is 12.5. The zero-order valence-electron chi connectivity index (χ0n) is 19.7. The monoisotopic (exact) mass is 414 g/mol. The molecule has 30 heavy (non-hydrogen) atoms. The molecule has 3 heteroatoms. The maximum absolute atomic E-state index is 8.00. The third kappa shape index (κ3) is 18.0. The second kappa shape index (κ2) is 23.3. The van der Waals surface area contributed by atoms with E-state index in [0.717, 1.165) is 0 Å². The largest absolute Gasteiger partial charge is 0.307 e. The number of aryl methyl sites for hydroxylation is 2. The highest BCUT2D eigenvalue weighted by Crippen LogP contribution is 2.05. The molecular formula is C27H46N2O+2. The fraction of sp³-hybridized carbons (Fsp3) is 0.593. The van der Waals surface area contributed by atoms with Crippen LogP contribution in [0.3, 0.4) is 0 Å². The summed E-state index contributed by atoms with van der Waals surface area (Å²) in [5.74, 6) is 0. The SMILES string of the molecule is C=O.CCCCCCCC[n+]1ccccc1.CCCCCCCC[n+]1ccccc1. The van der Waals surface area contributed by atoms with Gasteiger partial charge < -0.3 is 4.79 Å². The van der Waals surface area contributed by atoms with Crippen molar-refractivity contribution in [2.45, 2.75) is 104 Å². The Hall–Kier alpha value is -2.03. The second-order valence-corrected chi connectivity index (χ2v) is 7.76. The van der Waals surface area contributed by atoms with Gasteiger partial charge in [-0.05, 0) is 12.8 Å². The molecule has 0 aliphatic rings.